The van der Waals surface area contributed by atoms with Crippen LogP contribution in [0.1, 0.15) is 21.6 Å². The molecule has 1 heterocycles. The number of nitrogens with one attached hydrogen (secondary N) is 2. The highest BCUT2D eigenvalue weighted by atomic mass is 19.1. The van der Waals surface area contributed by atoms with E-state index >= 15 is 0 Å². The van der Waals surface area contributed by atoms with Crippen molar-refractivity contribution in [3.05, 3.63) is 65.1 Å². The van der Waals surface area contributed by atoms with Gasteiger partial charge in [0.05, 0.1) is 5.56 Å². The first-order valence-corrected chi connectivity index (χ1v) is 7.16. The van der Waals surface area contributed by atoms with E-state index in [-0.39, 0.29) is 5.69 Å². The Hall–Kier alpha value is -2.95. The fourth-order valence-electron chi connectivity index (χ4n) is 2.54. The highest BCUT2D eigenvalue weighted by Crippen LogP contribution is 2.23. The SMILES string of the molecule is Cc1ccc(NC(=O)C(=O)c2c(C)[nH]c3ccccc23)cc1F. The van der Waals surface area contributed by atoms with Crippen LogP contribution in [0.25, 0.3) is 10.9 Å². The summed E-state index contributed by atoms with van der Waals surface area (Å²) >= 11 is 0. The maximum absolute atomic E-state index is 13.5. The van der Waals surface area contributed by atoms with E-state index in [0.29, 0.717) is 22.2 Å². The molecule has 0 atom stereocenters. The van der Waals surface area contributed by atoms with Gasteiger partial charge in [-0.3, -0.25) is 9.59 Å². The van der Waals surface area contributed by atoms with Crippen LogP contribution in [-0.2, 0) is 4.79 Å². The third kappa shape index (κ3) is 2.73. The smallest absolute Gasteiger partial charge is 0.296 e. The number of hydrogen-bond donors (Lipinski definition) is 2. The average molecular weight is 310 g/mol. The fourth-order valence-corrected chi connectivity index (χ4v) is 2.54. The van der Waals surface area contributed by atoms with Crippen molar-refractivity contribution in [1.29, 1.82) is 0 Å². The van der Waals surface area contributed by atoms with E-state index in [2.05, 4.69) is 10.3 Å². The molecule has 0 saturated heterocycles. The predicted molar refractivity (Wildman–Crippen MR) is 87.1 cm³/mol. The number of para-hydroxylation sites is 1. The highest BCUT2D eigenvalue weighted by molar-refractivity contribution is 6.48. The van der Waals surface area contributed by atoms with Crippen molar-refractivity contribution in [2.24, 2.45) is 0 Å². The molecule has 2 N–H and O–H groups in total. The Morgan fingerprint density at radius 2 is 1.83 bits per heavy atom. The third-order valence-electron chi connectivity index (χ3n) is 3.76. The van der Waals surface area contributed by atoms with Crippen LogP contribution in [0.15, 0.2) is 42.5 Å². The molecule has 0 unspecified atom stereocenters. The lowest BCUT2D eigenvalue weighted by Crippen LogP contribution is -2.23. The van der Waals surface area contributed by atoms with Crippen LogP contribution in [0.3, 0.4) is 0 Å². The largest absolute Gasteiger partial charge is 0.358 e. The normalized spacial score (nSPS) is 10.7. The number of ketones is 1. The molecule has 5 heteroatoms. The van der Waals surface area contributed by atoms with E-state index in [9.17, 15) is 14.0 Å². The molecule has 3 aromatic rings. The van der Waals surface area contributed by atoms with Crippen LogP contribution in [0.2, 0.25) is 0 Å². The third-order valence-corrected chi connectivity index (χ3v) is 3.76. The number of rotatable bonds is 3. The summed E-state index contributed by atoms with van der Waals surface area (Å²) in [6, 6.07) is 11.6. The number of amides is 1. The molecule has 0 saturated carbocycles. The van der Waals surface area contributed by atoms with Gasteiger partial charge in [0.1, 0.15) is 5.82 Å². The zero-order chi connectivity index (χ0) is 16.6. The second-order valence-corrected chi connectivity index (χ2v) is 5.42. The van der Waals surface area contributed by atoms with Gasteiger partial charge in [-0.25, -0.2) is 4.39 Å². The Morgan fingerprint density at radius 1 is 1.09 bits per heavy atom. The fraction of sp³-hybridized carbons (Fsp3) is 0.111. The zero-order valence-corrected chi connectivity index (χ0v) is 12.7. The molecule has 3 rings (SSSR count). The number of aryl methyl sites for hydroxylation is 2. The van der Waals surface area contributed by atoms with Crippen LogP contribution < -0.4 is 5.32 Å². The summed E-state index contributed by atoms with van der Waals surface area (Å²) in [5.74, 6) is -1.87. The van der Waals surface area contributed by atoms with Gasteiger partial charge in [-0.2, -0.15) is 0 Å². The lowest BCUT2D eigenvalue weighted by Gasteiger charge is -2.06. The number of Topliss-reactive ketones (excluding diaryl/α,β-unsaturated/α-hetero) is 1. The molecule has 0 radical (unpaired) electrons. The number of hydrogen-bond acceptors (Lipinski definition) is 2. The highest BCUT2D eigenvalue weighted by Gasteiger charge is 2.22. The van der Waals surface area contributed by atoms with Gasteiger partial charge in [0.15, 0.2) is 0 Å². The standard InChI is InChI=1S/C18H15FN2O2/c1-10-7-8-12(9-14(10)19)21-18(23)17(22)16-11(2)20-15-6-4-3-5-13(15)16/h3-9,20H,1-2H3,(H,21,23). The first-order valence-electron chi connectivity index (χ1n) is 7.16. The zero-order valence-electron chi connectivity index (χ0n) is 12.7. The van der Waals surface area contributed by atoms with E-state index in [1.54, 1.807) is 38.1 Å². The molecule has 0 aliphatic heterocycles. The molecule has 4 nitrogen and oxygen atoms in total. The number of aromatic amines is 1. The summed E-state index contributed by atoms with van der Waals surface area (Å²) in [4.78, 5) is 27.8. The average Bonchev–Trinajstić information content (AvgIpc) is 2.86. The number of fused-ring (bicyclic) bond motifs is 1. The maximum Gasteiger partial charge on any atom is 0.296 e. The number of halogens is 1. The number of benzene rings is 2. The van der Waals surface area contributed by atoms with Crippen molar-refractivity contribution in [1.82, 2.24) is 4.98 Å². The van der Waals surface area contributed by atoms with Crippen LogP contribution in [0.5, 0.6) is 0 Å². The lowest BCUT2D eigenvalue weighted by molar-refractivity contribution is -0.112. The molecular weight excluding hydrogens is 295 g/mol. The minimum absolute atomic E-state index is 0.254. The molecule has 0 aliphatic rings. The Labute approximate surface area is 132 Å². The van der Waals surface area contributed by atoms with Crippen LogP contribution >= 0.6 is 0 Å². The quantitative estimate of drug-likeness (QED) is 0.572. The van der Waals surface area contributed by atoms with Gasteiger partial charge in [-0.05, 0) is 37.6 Å². The molecule has 2 aromatic carbocycles. The van der Waals surface area contributed by atoms with Crippen molar-refractivity contribution in [2.45, 2.75) is 13.8 Å². The minimum Gasteiger partial charge on any atom is -0.358 e. The number of aromatic nitrogens is 1. The monoisotopic (exact) mass is 310 g/mol. The first-order chi connectivity index (χ1) is 11.0. The molecular formula is C18H15FN2O2. The van der Waals surface area contributed by atoms with Crippen molar-refractivity contribution in [3.8, 4) is 0 Å². The summed E-state index contributed by atoms with van der Waals surface area (Å²) < 4.78 is 13.5. The molecule has 1 aromatic heterocycles. The van der Waals surface area contributed by atoms with Gasteiger partial charge >= 0.3 is 0 Å². The van der Waals surface area contributed by atoms with Crippen molar-refractivity contribution >= 4 is 28.3 Å². The Bertz CT molecular complexity index is 928. The molecule has 0 spiro atoms. The van der Waals surface area contributed by atoms with E-state index < -0.39 is 17.5 Å². The van der Waals surface area contributed by atoms with Crippen molar-refractivity contribution in [3.63, 3.8) is 0 Å². The second kappa shape index (κ2) is 5.68. The van der Waals surface area contributed by atoms with Crippen molar-refractivity contribution < 1.29 is 14.0 Å². The maximum atomic E-state index is 13.5. The predicted octanol–water partition coefficient (Wildman–Crippen LogP) is 3.75. The number of H-pyrrole nitrogens is 1. The van der Waals surface area contributed by atoms with Crippen LogP contribution in [0.4, 0.5) is 10.1 Å². The summed E-state index contributed by atoms with van der Waals surface area (Å²) in [5.41, 5.74) is 2.49. The van der Waals surface area contributed by atoms with Crippen LogP contribution in [-0.4, -0.2) is 16.7 Å². The molecule has 0 fully saturated rings. The summed E-state index contributed by atoms with van der Waals surface area (Å²) in [5, 5.41) is 3.14. The molecule has 116 valence electrons. The van der Waals surface area contributed by atoms with E-state index in [1.165, 1.54) is 6.07 Å². The lowest BCUT2D eigenvalue weighted by atomic mass is 10.1. The Morgan fingerprint density at radius 3 is 2.57 bits per heavy atom. The van der Waals surface area contributed by atoms with E-state index in [4.69, 9.17) is 0 Å². The van der Waals surface area contributed by atoms with Gasteiger partial charge < -0.3 is 10.3 Å². The minimum atomic E-state index is -0.791. The van der Waals surface area contributed by atoms with Gasteiger partial charge in [0, 0.05) is 22.3 Å². The molecule has 23 heavy (non-hydrogen) atoms. The number of carbonyl (C=O) groups is 2. The van der Waals surface area contributed by atoms with Gasteiger partial charge in [-0.15, -0.1) is 0 Å². The summed E-state index contributed by atoms with van der Waals surface area (Å²) in [6.07, 6.45) is 0. The van der Waals surface area contributed by atoms with E-state index in [1.807, 2.05) is 12.1 Å². The van der Waals surface area contributed by atoms with Crippen molar-refractivity contribution in [2.75, 3.05) is 5.32 Å². The van der Waals surface area contributed by atoms with E-state index in [0.717, 1.165) is 5.52 Å². The first kappa shape index (κ1) is 15.0. The van der Waals surface area contributed by atoms with Gasteiger partial charge in [-0.1, -0.05) is 24.3 Å². The number of carbonyl (C=O) groups excluding carboxylic acids is 2. The number of anilines is 1. The Kier molecular flexibility index (Phi) is 3.70. The topological polar surface area (TPSA) is 62.0 Å². The summed E-state index contributed by atoms with van der Waals surface area (Å²) in [7, 11) is 0. The van der Waals surface area contributed by atoms with Crippen LogP contribution in [0, 0.1) is 19.7 Å². The Balaban J connectivity index is 1.91. The van der Waals surface area contributed by atoms with Gasteiger partial charge in [0.2, 0.25) is 0 Å². The summed E-state index contributed by atoms with van der Waals surface area (Å²) in [6.45, 7) is 3.37. The molecule has 0 bridgehead atoms. The van der Waals surface area contributed by atoms with Gasteiger partial charge in [0.25, 0.3) is 11.7 Å². The second-order valence-electron chi connectivity index (χ2n) is 5.42. The molecule has 0 aliphatic carbocycles. The molecule has 1 amide bonds.